The zero-order valence-electron chi connectivity index (χ0n) is 30.3. The molecule has 1 fully saturated rings. The number of aliphatic hydroxyl groups excluding tert-OH is 4. The van der Waals surface area contributed by atoms with Crippen molar-refractivity contribution in [2.24, 2.45) is 22.2 Å². The van der Waals surface area contributed by atoms with Gasteiger partial charge in [-0.1, -0.05) is 24.3 Å². The first kappa shape index (κ1) is 45.4. The lowest BCUT2D eigenvalue weighted by Gasteiger charge is -2.39. The zero-order chi connectivity index (χ0) is 40.5. The fourth-order valence-corrected chi connectivity index (χ4v) is 5.59. The number of nitrogens with two attached hydrogens (primary N) is 3. The van der Waals surface area contributed by atoms with Gasteiger partial charge in [0.2, 0.25) is 23.6 Å². The SMILES string of the molecule is CC(=O)C(CO)NC(=O)[C@H](CC(=O)O)NC(=O)CNC(=O)C(CCCN=C(N)N)NC(=O)C(N)Cc1ccc(CCC[C@@H]2OC(C)[C@@H](O)[C@H](O)C2O)cc1. The number of carboxylic acid groups (broad SMARTS) is 1. The highest BCUT2D eigenvalue weighted by Crippen LogP contribution is 2.24. The van der Waals surface area contributed by atoms with Crippen LogP contribution in [0.4, 0.5) is 0 Å². The molecular weight excluding hydrogens is 712 g/mol. The summed E-state index contributed by atoms with van der Waals surface area (Å²) in [4.78, 5) is 78.1. The summed E-state index contributed by atoms with van der Waals surface area (Å²) in [5, 5.41) is 57.9. The Bertz CT molecular complexity index is 1460. The van der Waals surface area contributed by atoms with Crippen LogP contribution in [0.15, 0.2) is 29.3 Å². The molecule has 0 saturated carbocycles. The second-order valence-electron chi connectivity index (χ2n) is 13.2. The normalized spacial score (nSPS) is 21.7. The summed E-state index contributed by atoms with van der Waals surface area (Å²) in [6, 6.07) is 2.12. The van der Waals surface area contributed by atoms with Gasteiger partial charge in [-0.2, -0.15) is 0 Å². The molecule has 2 rings (SSSR count). The van der Waals surface area contributed by atoms with Crippen molar-refractivity contribution in [1.82, 2.24) is 21.3 Å². The minimum absolute atomic E-state index is 0.0381. The molecule has 1 aliphatic rings. The first-order chi connectivity index (χ1) is 25.4. The first-order valence-electron chi connectivity index (χ1n) is 17.5. The fraction of sp³-hybridized carbons (Fsp3) is 0.618. The number of nitrogens with zero attached hydrogens (tertiary/aromatic N) is 1. The Labute approximate surface area is 312 Å². The van der Waals surface area contributed by atoms with E-state index < -0.39 is 110 Å². The van der Waals surface area contributed by atoms with Gasteiger partial charge in [0, 0.05) is 6.54 Å². The number of rotatable bonds is 22. The number of hydrogen-bond acceptors (Lipinski definition) is 13. The van der Waals surface area contributed by atoms with Gasteiger partial charge in [-0.05, 0) is 63.5 Å². The average Bonchev–Trinajstić information content (AvgIpc) is 3.11. The molecule has 0 bridgehead atoms. The minimum atomic E-state index is -1.64. The van der Waals surface area contributed by atoms with E-state index in [0.29, 0.717) is 19.3 Å². The number of nitrogens with one attached hydrogen (secondary N) is 4. The highest BCUT2D eigenvalue weighted by atomic mass is 16.5. The van der Waals surface area contributed by atoms with Crippen molar-refractivity contribution in [3.05, 3.63) is 35.4 Å². The second-order valence-corrected chi connectivity index (χ2v) is 13.2. The lowest BCUT2D eigenvalue weighted by molar-refractivity contribution is -0.218. The molecule has 1 saturated heterocycles. The third-order valence-corrected chi connectivity index (χ3v) is 8.74. The number of Topliss-reactive ketones (excluding diaryl/α,β-unsaturated/α-hetero) is 1. The molecule has 54 heavy (non-hydrogen) atoms. The van der Waals surface area contributed by atoms with Gasteiger partial charge in [-0.15, -0.1) is 0 Å². The average molecular weight is 767 g/mol. The maximum Gasteiger partial charge on any atom is 0.305 e. The summed E-state index contributed by atoms with van der Waals surface area (Å²) in [5.41, 5.74) is 18.6. The molecule has 1 aromatic carbocycles. The molecule has 0 aliphatic carbocycles. The number of ether oxygens (including phenoxy) is 1. The summed E-state index contributed by atoms with van der Waals surface area (Å²) in [6.07, 6.45) is -3.58. The van der Waals surface area contributed by atoms with Crippen LogP contribution in [0.2, 0.25) is 0 Å². The van der Waals surface area contributed by atoms with Crippen LogP contribution in [0.3, 0.4) is 0 Å². The van der Waals surface area contributed by atoms with E-state index in [4.69, 9.17) is 21.9 Å². The Morgan fingerprint density at radius 3 is 2.07 bits per heavy atom. The van der Waals surface area contributed by atoms with Gasteiger partial charge in [-0.25, -0.2) is 0 Å². The number of aliphatic hydroxyl groups is 4. The number of hydrogen-bond donors (Lipinski definition) is 12. The van der Waals surface area contributed by atoms with Gasteiger partial charge in [0.1, 0.15) is 36.4 Å². The molecule has 1 aliphatic heterocycles. The number of aliphatic imine (C=N–C) groups is 1. The van der Waals surface area contributed by atoms with E-state index in [2.05, 4.69) is 26.3 Å². The molecule has 0 aromatic heterocycles. The van der Waals surface area contributed by atoms with Crippen LogP contribution < -0.4 is 38.5 Å². The second kappa shape index (κ2) is 22.5. The van der Waals surface area contributed by atoms with Crippen LogP contribution in [-0.4, -0.2) is 141 Å². The number of benzene rings is 1. The van der Waals surface area contributed by atoms with Crippen molar-refractivity contribution in [3.8, 4) is 0 Å². The van der Waals surface area contributed by atoms with E-state index in [1.807, 2.05) is 12.1 Å². The van der Waals surface area contributed by atoms with Crippen molar-refractivity contribution in [3.63, 3.8) is 0 Å². The Morgan fingerprint density at radius 2 is 1.48 bits per heavy atom. The van der Waals surface area contributed by atoms with Crippen LogP contribution in [0.5, 0.6) is 0 Å². The van der Waals surface area contributed by atoms with Crippen molar-refractivity contribution in [2.45, 2.75) is 113 Å². The Morgan fingerprint density at radius 1 is 0.852 bits per heavy atom. The molecule has 1 aromatic rings. The standard InChI is InChI=1S/C34H54N8O12/c1-17(44)24(16-43)42-33(53)23(14-27(46)47)40-26(45)15-39-32(52)22(6-4-12-38-34(36)37)41-31(51)21(35)13-20-10-8-19(9-11-20)5-3-7-25-29(49)30(50)28(48)18(2)54-25/h8-11,18,21-25,28-30,43,48-50H,3-7,12-16,35H2,1-2H3,(H,39,52)(H,40,45)(H,41,51)(H,42,53)(H,46,47)(H4,36,37,38)/t18?,21?,22?,23-,24?,25-,28+,29?,30-/m0/s1. The fourth-order valence-electron chi connectivity index (χ4n) is 5.59. The molecule has 15 N–H and O–H groups in total. The van der Waals surface area contributed by atoms with Crippen LogP contribution in [0.1, 0.15) is 57.1 Å². The molecule has 20 nitrogen and oxygen atoms in total. The van der Waals surface area contributed by atoms with E-state index in [9.17, 15) is 54.3 Å². The van der Waals surface area contributed by atoms with Gasteiger partial charge in [0.05, 0.1) is 37.8 Å². The maximum absolute atomic E-state index is 13.1. The Balaban J connectivity index is 1.97. The zero-order valence-corrected chi connectivity index (χ0v) is 30.3. The number of aliphatic carboxylic acids is 1. The molecule has 0 spiro atoms. The Hall–Kier alpha value is -4.73. The van der Waals surface area contributed by atoms with Gasteiger partial charge in [-0.3, -0.25) is 33.8 Å². The first-order valence-corrected chi connectivity index (χ1v) is 17.5. The smallest absolute Gasteiger partial charge is 0.305 e. The van der Waals surface area contributed by atoms with E-state index in [0.717, 1.165) is 18.1 Å². The predicted molar refractivity (Wildman–Crippen MR) is 192 cm³/mol. The lowest BCUT2D eigenvalue weighted by atomic mass is 9.92. The van der Waals surface area contributed by atoms with Crippen molar-refractivity contribution in [1.29, 1.82) is 0 Å². The van der Waals surface area contributed by atoms with Gasteiger partial charge in [0.25, 0.3) is 0 Å². The van der Waals surface area contributed by atoms with Gasteiger partial charge in [0.15, 0.2) is 11.7 Å². The quantitative estimate of drug-likeness (QED) is 0.0300. The van der Waals surface area contributed by atoms with Crippen molar-refractivity contribution in [2.75, 3.05) is 19.7 Å². The molecule has 0 radical (unpaired) electrons. The van der Waals surface area contributed by atoms with Gasteiger partial charge < -0.3 is 68.7 Å². The number of ketones is 1. The number of carbonyl (C=O) groups excluding carboxylic acids is 5. The molecule has 302 valence electrons. The summed E-state index contributed by atoms with van der Waals surface area (Å²) in [5.74, 6) is -5.66. The third kappa shape index (κ3) is 15.3. The largest absolute Gasteiger partial charge is 0.481 e. The van der Waals surface area contributed by atoms with Gasteiger partial charge >= 0.3 is 5.97 Å². The minimum Gasteiger partial charge on any atom is -0.481 e. The third-order valence-electron chi connectivity index (χ3n) is 8.74. The number of amides is 4. The number of carboxylic acids is 1. The maximum atomic E-state index is 13.1. The van der Waals surface area contributed by atoms with Crippen LogP contribution >= 0.6 is 0 Å². The number of carbonyl (C=O) groups is 6. The lowest BCUT2D eigenvalue weighted by Crippen LogP contribution is -2.56. The van der Waals surface area contributed by atoms with Crippen molar-refractivity contribution < 1.29 is 59.0 Å². The van der Waals surface area contributed by atoms with E-state index in [1.54, 1.807) is 19.1 Å². The molecule has 1 heterocycles. The topological polar surface area (TPSA) is 351 Å². The Kier molecular flexibility index (Phi) is 18.9. The summed E-state index contributed by atoms with van der Waals surface area (Å²) < 4.78 is 5.64. The van der Waals surface area contributed by atoms with Crippen molar-refractivity contribution >= 4 is 41.3 Å². The molecular formula is C34H54N8O12. The van der Waals surface area contributed by atoms with E-state index in [1.165, 1.54) is 0 Å². The van der Waals surface area contributed by atoms with Crippen LogP contribution in [0, 0.1) is 0 Å². The van der Waals surface area contributed by atoms with E-state index in [-0.39, 0.29) is 31.8 Å². The molecule has 20 heteroatoms. The number of aryl methyl sites for hydroxylation is 1. The van der Waals surface area contributed by atoms with E-state index >= 15 is 0 Å². The number of guanidine groups is 1. The predicted octanol–water partition coefficient (Wildman–Crippen LogP) is -4.57. The monoisotopic (exact) mass is 766 g/mol. The summed E-state index contributed by atoms with van der Waals surface area (Å²) >= 11 is 0. The molecule has 4 amide bonds. The highest BCUT2D eigenvalue weighted by Gasteiger charge is 2.41. The van der Waals surface area contributed by atoms with Crippen LogP contribution in [-0.2, 0) is 46.3 Å². The highest BCUT2D eigenvalue weighted by molar-refractivity contribution is 5.96. The molecule has 5 unspecified atom stereocenters. The molecule has 9 atom stereocenters. The van der Waals surface area contributed by atoms with Crippen LogP contribution in [0.25, 0.3) is 0 Å². The summed E-state index contributed by atoms with van der Waals surface area (Å²) in [7, 11) is 0. The summed E-state index contributed by atoms with van der Waals surface area (Å²) in [6.45, 7) is 1.40.